The van der Waals surface area contributed by atoms with E-state index < -0.39 is 0 Å². The number of rotatable bonds is 4. The Labute approximate surface area is 134 Å². The Bertz CT molecular complexity index is 623. The summed E-state index contributed by atoms with van der Waals surface area (Å²) >= 11 is 6.11. The van der Waals surface area contributed by atoms with Crippen LogP contribution in [-0.2, 0) is 6.54 Å². The number of halogens is 2. The van der Waals surface area contributed by atoms with Crippen molar-refractivity contribution in [3.05, 3.63) is 53.1 Å². The third-order valence-corrected chi connectivity index (χ3v) is 4.17. The highest BCUT2D eigenvalue weighted by molar-refractivity contribution is 6.31. The minimum atomic E-state index is -0.298. The van der Waals surface area contributed by atoms with Crippen molar-refractivity contribution in [2.75, 3.05) is 18.4 Å². The Morgan fingerprint density at radius 3 is 2.91 bits per heavy atom. The Morgan fingerprint density at radius 2 is 2.14 bits per heavy atom. The van der Waals surface area contributed by atoms with E-state index in [2.05, 4.69) is 20.2 Å². The van der Waals surface area contributed by atoms with Crippen LogP contribution in [0.15, 0.2) is 36.7 Å². The highest BCUT2D eigenvalue weighted by atomic mass is 35.5. The van der Waals surface area contributed by atoms with Crippen LogP contribution in [0.4, 0.5) is 10.3 Å². The number of aromatic nitrogens is 2. The first kappa shape index (κ1) is 15.2. The molecule has 0 bridgehead atoms. The van der Waals surface area contributed by atoms with Crippen molar-refractivity contribution < 1.29 is 4.39 Å². The van der Waals surface area contributed by atoms with Gasteiger partial charge < -0.3 is 5.32 Å². The van der Waals surface area contributed by atoms with Crippen molar-refractivity contribution in [2.45, 2.75) is 25.4 Å². The summed E-state index contributed by atoms with van der Waals surface area (Å²) in [6, 6.07) is 6.70. The van der Waals surface area contributed by atoms with Crippen LogP contribution in [0.5, 0.6) is 0 Å². The van der Waals surface area contributed by atoms with E-state index in [0.29, 0.717) is 17.0 Å². The second-order valence-electron chi connectivity index (χ2n) is 5.53. The molecule has 1 N–H and O–H groups in total. The highest BCUT2D eigenvalue weighted by Gasteiger charge is 2.21. The van der Waals surface area contributed by atoms with Gasteiger partial charge in [0, 0.05) is 36.5 Å². The van der Waals surface area contributed by atoms with Crippen molar-refractivity contribution >= 4 is 17.5 Å². The molecule has 6 heteroatoms. The lowest BCUT2D eigenvalue weighted by atomic mass is 10.0. The third kappa shape index (κ3) is 3.93. The molecule has 4 nitrogen and oxygen atoms in total. The van der Waals surface area contributed by atoms with Crippen molar-refractivity contribution in [3.8, 4) is 0 Å². The predicted molar refractivity (Wildman–Crippen MR) is 85.4 cm³/mol. The number of benzene rings is 1. The van der Waals surface area contributed by atoms with Gasteiger partial charge in [-0.25, -0.2) is 14.4 Å². The number of hydrogen-bond acceptors (Lipinski definition) is 4. The Morgan fingerprint density at radius 1 is 1.32 bits per heavy atom. The van der Waals surface area contributed by atoms with E-state index >= 15 is 0 Å². The standard InChI is InChI=1S/C16H18ClFN4/c17-15-9-13(18)5-4-12(15)10-22-8-1-3-14(11-22)21-16-19-6-2-7-20-16/h2,4-7,9,14H,1,3,8,10-11H2,(H,19,20,21). The van der Waals surface area contributed by atoms with Crippen LogP contribution in [0, 0.1) is 5.82 Å². The summed E-state index contributed by atoms with van der Waals surface area (Å²) < 4.78 is 13.1. The van der Waals surface area contributed by atoms with E-state index in [9.17, 15) is 4.39 Å². The van der Waals surface area contributed by atoms with Crippen LogP contribution in [0.3, 0.4) is 0 Å². The molecule has 0 amide bonds. The molecule has 1 atom stereocenters. The van der Waals surface area contributed by atoms with Gasteiger partial charge in [-0.15, -0.1) is 0 Å². The molecule has 2 heterocycles. The van der Waals surface area contributed by atoms with Crippen LogP contribution in [-0.4, -0.2) is 34.0 Å². The lowest BCUT2D eigenvalue weighted by Crippen LogP contribution is -2.41. The Balaban J connectivity index is 1.61. The molecule has 0 aliphatic carbocycles. The second kappa shape index (κ2) is 7.03. The maximum atomic E-state index is 13.1. The molecule has 0 saturated carbocycles. The van der Waals surface area contributed by atoms with E-state index in [1.54, 1.807) is 24.5 Å². The average Bonchev–Trinajstić information content (AvgIpc) is 2.52. The van der Waals surface area contributed by atoms with Crippen molar-refractivity contribution in [3.63, 3.8) is 0 Å². The first-order chi connectivity index (χ1) is 10.7. The van der Waals surface area contributed by atoms with Gasteiger partial charge in [0.15, 0.2) is 0 Å². The van der Waals surface area contributed by atoms with Gasteiger partial charge in [0.05, 0.1) is 0 Å². The molecule has 0 spiro atoms. The summed E-state index contributed by atoms with van der Waals surface area (Å²) in [5.74, 6) is 0.363. The monoisotopic (exact) mass is 320 g/mol. The number of piperidine rings is 1. The van der Waals surface area contributed by atoms with Crippen LogP contribution in [0.2, 0.25) is 5.02 Å². The molecule has 1 aromatic heterocycles. The summed E-state index contributed by atoms with van der Waals surface area (Å²) in [7, 11) is 0. The molecule has 22 heavy (non-hydrogen) atoms. The lowest BCUT2D eigenvalue weighted by Gasteiger charge is -2.33. The number of nitrogens with zero attached hydrogens (tertiary/aromatic N) is 3. The van der Waals surface area contributed by atoms with Crippen molar-refractivity contribution in [2.24, 2.45) is 0 Å². The number of nitrogens with one attached hydrogen (secondary N) is 1. The minimum Gasteiger partial charge on any atom is -0.350 e. The zero-order valence-electron chi connectivity index (χ0n) is 12.2. The van der Waals surface area contributed by atoms with Crippen molar-refractivity contribution in [1.82, 2.24) is 14.9 Å². The van der Waals surface area contributed by atoms with E-state index in [0.717, 1.165) is 38.0 Å². The van der Waals surface area contributed by atoms with Gasteiger partial charge in [-0.05, 0) is 43.1 Å². The molecule has 1 fully saturated rings. The number of likely N-dealkylation sites (tertiary alicyclic amines) is 1. The van der Waals surface area contributed by atoms with Crippen LogP contribution in [0.1, 0.15) is 18.4 Å². The molecular weight excluding hydrogens is 303 g/mol. The normalized spacial score (nSPS) is 19.1. The van der Waals surface area contributed by atoms with E-state index in [-0.39, 0.29) is 5.82 Å². The maximum absolute atomic E-state index is 13.1. The SMILES string of the molecule is Fc1ccc(CN2CCCC(Nc3ncccn3)C2)c(Cl)c1. The summed E-state index contributed by atoms with van der Waals surface area (Å²) in [6.45, 7) is 2.64. The molecule has 116 valence electrons. The maximum Gasteiger partial charge on any atom is 0.222 e. The van der Waals surface area contributed by atoms with E-state index in [4.69, 9.17) is 11.6 Å². The lowest BCUT2D eigenvalue weighted by molar-refractivity contribution is 0.208. The molecule has 1 aliphatic rings. The summed E-state index contributed by atoms with van der Waals surface area (Å²) in [5, 5.41) is 3.85. The smallest absolute Gasteiger partial charge is 0.222 e. The predicted octanol–water partition coefficient (Wildman–Crippen LogP) is 3.35. The zero-order chi connectivity index (χ0) is 15.4. The summed E-state index contributed by atoms with van der Waals surface area (Å²) in [5.41, 5.74) is 0.958. The fourth-order valence-corrected chi connectivity index (χ4v) is 2.99. The summed E-state index contributed by atoms with van der Waals surface area (Å²) in [4.78, 5) is 10.7. The molecule has 0 radical (unpaired) electrons. The minimum absolute atomic E-state index is 0.298. The summed E-state index contributed by atoms with van der Waals surface area (Å²) in [6.07, 6.45) is 5.65. The Hall–Kier alpha value is -1.72. The van der Waals surface area contributed by atoms with Crippen molar-refractivity contribution in [1.29, 1.82) is 0 Å². The van der Waals surface area contributed by atoms with Gasteiger partial charge in [-0.2, -0.15) is 0 Å². The third-order valence-electron chi connectivity index (χ3n) is 3.81. The molecule has 2 aromatic rings. The van der Waals surface area contributed by atoms with Gasteiger partial charge in [0.1, 0.15) is 5.82 Å². The molecular formula is C16H18ClFN4. The molecule has 1 aliphatic heterocycles. The first-order valence-corrected chi connectivity index (χ1v) is 7.78. The van der Waals surface area contributed by atoms with Crippen LogP contribution >= 0.6 is 11.6 Å². The second-order valence-corrected chi connectivity index (χ2v) is 5.93. The number of hydrogen-bond donors (Lipinski definition) is 1. The fourth-order valence-electron chi connectivity index (χ4n) is 2.76. The molecule has 1 saturated heterocycles. The molecule has 1 aromatic carbocycles. The fraction of sp³-hybridized carbons (Fsp3) is 0.375. The van der Waals surface area contributed by atoms with E-state index in [1.165, 1.54) is 12.1 Å². The first-order valence-electron chi connectivity index (χ1n) is 7.40. The van der Waals surface area contributed by atoms with E-state index in [1.807, 2.05) is 0 Å². The van der Waals surface area contributed by atoms with Gasteiger partial charge in [-0.1, -0.05) is 17.7 Å². The molecule has 1 unspecified atom stereocenters. The average molecular weight is 321 g/mol. The quantitative estimate of drug-likeness (QED) is 0.938. The topological polar surface area (TPSA) is 41.0 Å². The number of anilines is 1. The van der Waals surface area contributed by atoms with Gasteiger partial charge >= 0.3 is 0 Å². The van der Waals surface area contributed by atoms with Gasteiger partial charge in [-0.3, -0.25) is 4.90 Å². The molecule has 3 rings (SSSR count). The Kier molecular flexibility index (Phi) is 4.85. The van der Waals surface area contributed by atoms with Crippen LogP contribution < -0.4 is 5.32 Å². The van der Waals surface area contributed by atoms with Gasteiger partial charge in [0.2, 0.25) is 5.95 Å². The largest absolute Gasteiger partial charge is 0.350 e. The zero-order valence-corrected chi connectivity index (χ0v) is 12.9. The van der Waals surface area contributed by atoms with Crippen LogP contribution in [0.25, 0.3) is 0 Å². The van der Waals surface area contributed by atoms with Gasteiger partial charge in [0.25, 0.3) is 0 Å². The highest BCUT2D eigenvalue weighted by Crippen LogP contribution is 2.21.